The topological polar surface area (TPSA) is 126 Å². The minimum absolute atomic E-state index is 0.00371. The number of nitrogens with zero attached hydrogens (tertiary/aromatic N) is 1. The Labute approximate surface area is 262 Å². The van der Waals surface area contributed by atoms with E-state index >= 15 is 0 Å². The van der Waals surface area contributed by atoms with Gasteiger partial charge < -0.3 is 30.3 Å². The maximum Gasteiger partial charge on any atom is 0.255 e. The average Bonchev–Trinajstić information content (AvgIpc) is 3.03. The van der Waals surface area contributed by atoms with Crippen LogP contribution in [-0.4, -0.2) is 66.9 Å². The summed E-state index contributed by atoms with van der Waals surface area (Å²) in [6, 6.07) is 20.0. The maximum absolute atomic E-state index is 13.5. The third-order valence-electron chi connectivity index (χ3n) is 7.36. The summed E-state index contributed by atoms with van der Waals surface area (Å²) in [5, 5.41) is 8.49. The number of carbonyl (C=O) groups excluding carboxylic acids is 4. The van der Waals surface area contributed by atoms with Crippen molar-refractivity contribution in [1.82, 2.24) is 20.9 Å². The van der Waals surface area contributed by atoms with Gasteiger partial charge in [-0.1, -0.05) is 56.3 Å². The molecule has 0 saturated heterocycles. The SMILES string of the molecule is CC(C)[C@@H]1COc2ccccc2C(=O)N[C@H](C(=O)NCCOc2ccc(F)cc2)CCC(=O)N(Cc2ccccc2)CC(=O)N1. The van der Waals surface area contributed by atoms with Crippen LogP contribution in [0.5, 0.6) is 11.5 Å². The van der Waals surface area contributed by atoms with Crippen LogP contribution in [0.1, 0.15) is 42.6 Å². The van der Waals surface area contributed by atoms with Crippen molar-refractivity contribution in [3.63, 3.8) is 0 Å². The van der Waals surface area contributed by atoms with Crippen molar-refractivity contribution >= 4 is 23.6 Å². The van der Waals surface area contributed by atoms with E-state index < -0.39 is 17.9 Å². The van der Waals surface area contributed by atoms with Crippen LogP contribution in [0, 0.1) is 11.7 Å². The standard InChI is InChI=1S/C34H39FN4O6/c1-23(2)29-22-45-30-11-7-6-10-27(30)33(42)38-28(34(43)36-18-19-44-26-14-12-25(35)13-15-26)16-17-32(41)39(21-31(40)37-29)20-24-8-4-3-5-9-24/h3-15,23,28-29H,16-22H2,1-2H3,(H,36,43)(H,37,40)(H,38,42)/t28-,29-/m0/s1. The molecule has 0 unspecified atom stereocenters. The number of halogens is 1. The molecule has 0 aromatic heterocycles. The fourth-order valence-corrected chi connectivity index (χ4v) is 4.75. The number of carbonyl (C=O) groups is 4. The largest absolute Gasteiger partial charge is 0.492 e. The first-order valence-electron chi connectivity index (χ1n) is 15.0. The van der Waals surface area contributed by atoms with Crippen LogP contribution in [0.2, 0.25) is 0 Å². The normalized spacial score (nSPS) is 18.0. The van der Waals surface area contributed by atoms with E-state index in [1.54, 1.807) is 24.3 Å². The molecule has 10 nitrogen and oxygen atoms in total. The molecule has 238 valence electrons. The Bertz CT molecular complexity index is 1450. The zero-order valence-corrected chi connectivity index (χ0v) is 25.5. The Balaban J connectivity index is 1.54. The number of benzene rings is 3. The summed E-state index contributed by atoms with van der Waals surface area (Å²) in [5.74, 6) is -1.36. The molecule has 0 fully saturated rings. The van der Waals surface area contributed by atoms with E-state index in [4.69, 9.17) is 9.47 Å². The predicted molar refractivity (Wildman–Crippen MR) is 166 cm³/mol. The first kappa shape index (κ1) is 33.0. The molecule has 2 atom stereocenters. The van der Waals surface area contributed by atoms with Gasteiger partial charge in [0.15, 0.2) is 0 Å². The summed E-state index contributed by atoms with van der Waals surface area (Å²) in [5.41, 5.74) is 1.06. The minimum atomic E-state index is -1.07. The molecule has 1 heterocycles. The fourth-order valence-electron chi connectivity index (χ4n) is 4.75. The summed E-state index contributed by atoms with van der Waals surface area (Å²) in [7, 11) is 0. The van der Waals surface area contributed by atoms with Crippen LogP contribution >= 0.6 is 0 Å². The second kappa shape index (κ2) is 16.2. The van der Waals surface area contributed by atoms with Gasteiger partial charge in [-0.15, -0.1) is 0 Å². The van der Waals surface area contributed by atoms with Gasteiger partial charge in [0, 0.05) is 13.0 Å². The van der Waals surface area contributed by atoms with Crippen molar-refractivity contribution in [2.45, 2.75) is 45.3 Å². The van der Waals surface area contributed by atoms with Crippen LogP contribution in [-0.2, 0) is 20.9 Å². The van der Waals surface area contributed by atoms with Crippen LogP contribution in [0.15, 0.2) is 78.9 Å². The Kier molecular flexibility index (Phi) is 11.9. The zero-order valence-electron chi connectivity index (χ0n) is 25.5. The lowest BCUT2D eigenvalue weighted by molar-refractivity contribution is -0.137. The number of fused-ring (bicyclic) bond motifs is 1. The molecular formula is C34H39FN4O6. The summed E-state index contributed by atoms with van der Waals surface area (Å²) in [6.45, 7) is 4.21. The summed E-state index contributed by atoms with van der Waals surface area (Å²) < 4.78 is 24.7. The number of hydrogen-bond donors (Lipinski definition) is 3. The van der Waals surface area contributed by atoms with Crippen LogP contribution < -0.4 is 25.4 Å². The molecule has 4 amide bonds. The van der Waals surface area contributed by atoms with Crippen LogP contribution in [0.25, 0.3) is 0 Å². The Morgan fingerprint density at radius 3 is 2.44 bits per heavy atom. The molecule has 0 radical (unpaired) electrons. The third kappa shape index (κ3) is 10.1. The first-order chi connectivity index (χ1) is 21.7. The van der Waals surface area contributed by atoms with Crippen molar-refractivity contribution in [3.05, 3.63) is 95.8 Å². The van der Waals surface area contributed by atoms with Gasteiger partial charge in [-0.3, -0.25) is 19.2 Å². The molecule has 4 rings (SSSR count). The number of para-hydroxylation sites is 1. The fraction of sp³-hybridized carbons (Fsp3) is 0.353. The average molecular weight is 619 g/mol. The molecular weight excluding hydrogens is 579 g/mol. The van der Waals surface area contributed by atoms with Gasteiger partial charge in [-0.05, 0) is 54.3 Å². The Morgan fingerprint density at radius 2 is 1.71 bits per heavy atom. The maximum atomic E-state index is 13.5. The second-order valence-corrected chi connectivity index (χ2v) is 11.1. The molecule has 0 saturated carbocycles. The lowest BCUT2D eigenvalue weighted by Gasteiger charge is -2.26. The van der Waals surface area contributed by atoms with Gasteiger partial charge in [-0.2, -0.15) is 0 Å². The molecule has 11 heteroatoms. The number of rotatable bonds is 8. The van der Waals surface area contributed by atoms with Crippen molar-refractivity contribution in [1.29, 1.82) is 0 Å². The quantitative estimate of drug-likeness (QED) is 0.332. The highest BCUT2D eigenvalue weighted by molar-refractivity contribution is 5.99. The number of hydrogen-bond acceptors (Lipinski definition) is 6. The molecule has 0 aliphatic carbocycles. The van der Waals surface area contributed by atoms with Gasteiger partial charge in [0.2, 0.25) is 17.7 Å². The van der Waals surface area contributed by atoms with Gasteiger partial charge in [0.05, 0.1) is 24.7 Å². The van der Waals surface area contributed by atoms with Gasteiger partial charge in [-0.25, -0.2) is 4.39 Å². The lowest BCUT2D eigenvalue weighted by atomic mass is 10.1. The van der Waals surface area contributed by atoms with Crippen molar-refractivity contribution in [3.8, 4) is 11.5 Å². The lowest BCUT2D eigenvalue weighted by Crippen LogP contribution is -2.49. The zero-order chi connectivity index (χ0) is 32.2. The molecule has 3 aromatic carbocycles. The molecule has 1 aliphatic rings. The van der Waals surface area contributed by atoms with E-state index in [9.17, 15) is 23.6 Å². The minimum Gasteiger partial charge on any atom is -0.492 e. The van der Waals surface area contributed by atoms with E-state index in [0.717, 1.165) is 5.56 Å². The molecule has 45 heavy (non-hydrogen) atoms. The summed E-state index contributed by atoms with van der Waals surface area (Å²) in [4.78, 5) is 55.0. The van der Waals surface area contributed by atoms with Crippen molar-refractivity contribution < 1.29 is 33.0 Å². The van der Waals surface area contributed by atoms with Gasteiger partial charge >= 0.3 is 0 Å². The molecule has 3 aromatic rings. The van der Waals surface area contributed by atoms with Crippen molar-refractivity contribution in [2.24, 2.45) is 5.92 Å². The van der Waals surface area contributed by atoms with E-state index in [0.29, 0.717) is 11.5 Å². The monoisotopic (exact) mass is 618 g/mol. The molecule has 0 spiro atoms. The highest BCUT2D eigenvalue weighted by Gasteiger charge is 2.28. The van der Waals surface area contributed by atoms with E-state index in [1.807, 2.05) is 44.2 Å². The smallest absolute Gasteiger partial charge is 0.255 e. The van der Waals surface area contributed by atoms with Crippen LogP contribution in [0.3, 0.4) is 0 Å². The van der Waals surface area contributed by atoms with Gasteiger partial charge in [0.1, 0.15) is 36.6 Å². The Morgan fingerprint density at radius 1 is 1.00 bits per heavy atom. The van der Waals surface area contributed by atoms with Crippen molar-refractivity contribution in [2.75, 3.05) is 26.3 Å². The second-order valence-electron chi connectivity index (χ2n) is 11.1. The number of amides is 4. The highest BCUT2D eigenvalue weighted by Crippen LogP contribution is 2.20. The predicted octanol–water partition coefficient (Wildman–Crippen LogP) is 3.46. The highest BCUT2D eigenvalue weighted by atomic mass is 19.1. The molecule has 3 N–H and O–H groups in total. The Hall–Kier alpha value is -4.93. The number of nitrogens with one attached hydrogen (secondary N) is 3. The summed E-state index contributed by atoms with van der Waals surface area (Å²) in [6.07, 6.45) is -0.115. The van der Waals surface area contributed by atoms with E-state index in [1.165, 1.54) is 29.2 Å². The number of ether oxygens (including phenoxy) is 2. The molecule has 1 aliphatic heterocycles. The van der Waals surface area contributed by atoms with Crippen LogP contribution in [0.4, 0.5) is 4.39 Å². The molecule has 0 bridgehead atoms. The van der Waals surface area contributed by atoms with Gasteiger partial charge in [0.25, 0.3) is 5.91 Å². The first-order valence-corrected chi connectivity index (χ1v) is 15.0. The van der Waals surface area contributed by atoms with E-state index in [-0.39, 0.29) is 80.8 Å². The third-order valence-corrected chi connectivity index (χ3v) is 7.36. The van der Waals surface area contributed by atoms with E-state index in [2.05, 4.69) is 16.0 Å². The summed E-state index contributed by atoms with van der Waals surface area (Å²) >= 11 is 0.